The van der Waals surface area contributed by atoms with Gasteiger partial charge in [0.2, 0.25) is 0 Å². The lowest BCUT2D eigenvalue weighted by molar-refractivity contribution is -0.186. The molecule has 0 bridgehead atoms. The Bertz CT molecular complexity index is 353. The lowest BCUT2D eigenvalue weighted by Crippen LogP contribution is -2.53. The summed E-state index contributed by atoms with van der Waals surface area (Å²) in [5.41, 5.74) is -2.13. The van der Waals surface area contributed by atoms with E-state index >= 15 is 0 Å². The van der Waals surface area contributed by atoms with Crippen LogP contribution in [0, 0.1) is 11.3 Å². The maximum absolute atomic E-state index is 12.4. The topological polar surface area (TPSA) is 78.9 Å². The molecule has 0 aliphatic heterocycles. The van der Waals surface area contributed by atoms with E-state index in [-0.39, 0.29) is 19.8 Å². The number of esters is 3. The van der Waals surface area contributed by atoms with Crippen LogP contribution in [0.2, 0.25) is 0 Å². The summed E-state index contributed by atoms with van der Waals surface area (Å²) in [4.78, 5) is 37.1. The van der Waals surface area contributed by atoms with Gasteiger partial charge in [0.15, 0.2) is 0 Å². The van der Waals surface area contributed by atoms with Gasteiger partial charge in [-0.25, -0.2) is 0 Å². The Morgan fingerprint density at radius 1 is 0.905 bits per heavy atom. The molecule has 0 heterocycles. The molecule has 0 fully saturated rings. The molecule has 0 saturated heterocycles. The number of carbonyl (C=O) groups is 3. The van der Waals surface area contributed by atoms with Gasteiger partial charge >= 0.3 is 17.9 Å². The summed E-state index contributed by atoms with van der Waals surface area (Å²) in [5, 5.41) is 0. The summed E-state index contributed by atoms with van der Waals surface area (Å²) < 4.78 is 14.8. The molecule has 0 spiro atoms. The predicted octanol–water partition coefficient (Wildman–Crippen LogP) is 1.87. The first-order valence-electron chi connectivity index (χ1n) is 7.07. The fourth-order valence-corrected chi connectivity index (χ4v) is 1.98. The average molecular weight is 300 g/mol. The molecule has 0 radical (unpaired) electrons. The van der Waals surface area contributed by atoms with Gasteiger partial charge in [-0.1, -0.05) is 19.1 Å². The van der Waals surface area contributed by atoms with E-state index in [1.807, 2.05) is 0 Å². The molecule has 1 atom stereocenters. The maximum Gasteiger partial charge on any atom is 0.335 e. The van der Waals surface area contributed by atoms with Crippen LogP contribution in [0.3, 0.4) is 0 Å². The number of carbonyl (C=O) groups excluding carboxylic acids is 3. The first-order valence-corrected chi connectivity index (χ1v) is 7.07. The van der Waals surface area contributed by atoms with Crippen LogP contribution in [0.15, 0.2) is 12.2 Å². The van der Waals surface area contributed by atoms with Crippen LogP contribution in [-0.4, -0.2) is 37.7 Å². The fraction of sp³-hybridized carbons (Fsp3) is 0.667. The van der Waals surface area contributed by atoms with Gasteiger partial charge in [0.05, 0.1) is 19.8 Å². The molecule has 0 amide bonds. The predicted molar refractivity (Wildman–Crippen MR) is 76.3 cm³/mol. The normalized spacial score (nSPS) is 12.8. The first-order chi connectivity index (χ1) is 9.93. The van der Waals surface area contributed by atoms with E-state index in [0.717, 1.165) is 0 Å². The summed E-state index contributed by atoms with van der Waals surface area (Å²) in [6, 6.07) is 0. The number of hydrogen-bond acceptors (Lipinski definition) is 6. The molecule has 0 aromatic rings. The lowest BCUT2D eigenvalue weighted by Gasteiger charge is -2.30. The third kappa shape index (κ3) is 4.06. The number of allylic oxidation sites excluding steroid dienone is 2. The zero-order valence-corrected chi connectivity index (χ0v) is 13.3. The molecule has 0 aliphatic carbocycles. The molecule has 0 N–H and O–H groups in total. The van der Waals surface area contributed by atoms with Crippen LogP contribution in [0.5, 0.6) is 0 Å². The van der Waals surface area contributed by atoms with E-state index in [4.69, 9.17) is 14.2 Å². The van der Waals surface area contributed by atoms with Gasteiger partial charge in [-0.3, -0.25) is 14.4 Å². The standard InChI is InChI=1S/C15H24O6/c1-6-10-11(5)15(12(16)19-7-2,13(17)20-8-3)14(18)21-9-4/h6,10-11H,7-9H2,1-5H3/b10-6+. The number of ether oxygens (including phenoxy) is 3. The minimum absolute atomic E-state index is 0.0436. The fourth-order valence-electron chi connectivity index (χ4n) is 1.98. The Balaban J connectivity index is 5.98. The zero-order chi connectivity index (χ0) is 16.5. The quantitative estimate of drug-likeness (QED) is 0.295. The highest BCUT2D eigenvalue weighted by Gasteiger charge is 2.60. The summed E-state index contributed by atoms with van der Waals surface area (Å²) >= 11 is 0. The smallest absolute Gasteiger partial charge is 0.335 e. The van der Waals surface area contributed by atoms with Crippen LogP contribution in [0.4, 0.5) is 0 Å². The first kappa shape index (κ1) is 19.1. The second-order valence-electron chi connectivity index (χ2n) is 4.28. The van der Waals surface area contributed by atoms with Gasteiger partial charge in [0, 0.05) is 5.92 Å². The molecule has 6 heteroatoms. The summed E-state index contributed by atoms with van der Waals surface area (Å²) in [6.07, 6.45) is 3.22. The van der Waals surface area contributed by atoms with Crippen LogP contribution in [-0.2, 0) is 28.6 Å². The van der Waals surface area contributed by atoms with E-state index < -0.39 is 29.2 Å². The van der Waals surface area contributed by atoms with Crippen molar-refractivity contribution >= 4 is 17.9 Å². The largest absolute Gasteiger partial charge is 0.465 e. The molecule has 0 saturated carbocycles. The van der Waals surface area contributed by atoms with Crippen LogP contribution in [0.1, 0.15) is 34.6 Å². The highest BCUT2D eigenvalue weighted by Crippen LogP contribution is 2.34. The van der Waals surface area contributed by atoms with E-state index in [2.05, 4.69) is 0 Å². The monoisotopic (exact) mass is 300 g/mol. The summed E-state index contributed by atoms with van der Waals surface area (Å²) in [7, 11) is 0. The van der Waals surface area contributed by atoms with Crippen molar-refractivity contribution in [2.75, 3.05) is 19.8 Å². The third-order valence-corrected chi connectivity index (χ3v) is 2.96. The van der Waals surface area contributed by atoms with E-state index in [0.29, 0.717) is 0 Å². The molecule has 1 unspecified atom stereocenters. The van der Waals surface area contributed by atoms with Crippen molar-refractivity contribution in [3.05, 3.63) is 12.2 Å². The molecule has 6 nitrogen and oxygen atoms in total. The minimum atomic E-state index is -2.13. The molecular formula is C15H24O6. The molecule has 0 aromatic heterocycles. The highest BCUT2D eigenvalue weighted by molar-refractivity contribution is 6.18. The van der Waals surface area contributed by atoms with Gasteiger partial charge in [-0.05, 0) is 27.7 Å². The maximum atomic E-state index is 12.4. The van der Waals surface area contributed by atoms with Gasteiger partial charge in [-0.15, -0.1) is 0 Å². The third-order valence-electron chi connectivity index (χ3n) is 2.96. The molecule has 120 valence electrons. The van der Waals surface area contributed by atoms with Crippen LogP contribution < -0.4 is 0 Å². The Labute approximate surface area is 125 Å². The van der Waals surface area contributed by atoms with Gasteiger partial charge in [0.1, 0.15) is 0 Å². The zero-order valence-electron chi connectivity index (χ0n) is 13.3. The Hall–Kier alpha value is -1.85. The number of hydrogen-bond donors (Lipinski definition) is 0. The van der Waals surface area contributed by atoms with E-state index in [9.17, 15) is 14.4 Å². The minimum Gasteiger partial charge on any atom is -0.465 e. The SMILES string of the molecule is C/C=C/C(C)C(C(=O)OCC)(C(=O)OCC)C(=O)OCC. The van der Waals surface area contributed by atoms with Crippen LogP contribution in [0.25, 0.3) is 0 Å². The van der Waals surface area contributed by atoms with E-state index in [1.165, 1.54) is 0 Å². The van der Waals surface area contributed by atoms with Crippen molar-refractivity contribution in [2.24, 2.45) is 11.3 Å². The molecule has 0 aliphatic rings. The molecule has 0 rings (SSSR count). The second-order valence-corrected chi connectivity index (χ2v) is 4.28. The Morgan fingerprint density at radius 3 is 1.48 bits per heavy atom. The van der Waals surface area contributed by atoms with Crippen molar-refractivity contribution in [2.45, 2.75) is 34.6 Å². The van der Waals surface area contributed by atoms with Crippen molar-refractivity contribution in [1.82, 2.24) is 0 Å². The van der Waals surface area contributed by atoms with Crippen molar-refractivity contribution in [3.63, 3.8) is 0 Å². The van der Waals surface area contributed by atoms with Gasteiger partial charge in [0.25, 0.3) is 5.41 Å². The van der Waals surface area contributed by atoms with Crippen molar-refractivity contribution < 1.29 is 28.6 Å². The lowest BCUT2D eigenvalue weighted by atomic mass is 9.75. The van der Waals surface area contributed by atoms with E-state index in [1.54, 1.807) is 46.8 Å². The van der Waals surface area contributed by atoms with Crippen molar-refractivity contribution in [3.8, 4) is 0 Å². The van der Waals surface area contributed by atoms with Gasteiger partial charge in [-0.2, -0.15) is 0 Å². The molecule has 21 heavy (non-hydrogen) atoms. The van der Waals surface area contributed by atoms with Crippen molar-refractivity contribution in [1.29, 1.82) is 0 Å². The second kappa shape index (κ2) is 9.15. The molecular weight excluding hydrogens is 276 g/mol. The Morgan fingerprint density at radius 2 is 1.24 bits per heavy atom. The average Bonchev–Trinajstić information content (AvgIpc) is 2.40. The highest BCUT2D eigenvalue weighted by atomic mass is 16.6. The Kier molecular flexibility index (Phi) is 8.35. The molecule has 0 aromatic carbocycles. The van der Waals surface area contributed by atoms with Gasteiger partial charge < -0.3 is 14.2 Å². The summed E-state index contributed by atoms with van der Waals surface area (Å²) in [6.45, 7) is 8.22. The number of rotatable bonds is 8. The summed E-state index contributed by atoms with van der Waals surface area (Å²) in [5.74, 6) is -3.60. The van der Waals surface area contributed by atoms with Crippen LogP contribution >= 0.6 is 0 Å².